The van der Waals surface area contributed by atoms with E-state index in [1.54, 1.807) is 16.7 Å². The number of hydrogen-bond acceptors (Lipinski definition) is 5. The summed E-state index contributed by atoms with van der Waals surface area (Å²) in [5.74, 6) is 0.316. The predicted molar refractivity (Wildman–Crippen MR) is 85.2 cm³/mol. The van der Waals surface area contributed by atoms with E-state index < -0.39 is 21.8 Å². The quantitative estimate of drug-likeness (QED) is 0.901. The second-order valence-corrected chi connectivity index (χ2v) is 7.59. The molecule has 126 valence electrons. The van der Waals surface area contributed by atoms with Gasteiger partial charge in [0.2, 0.25) is 5.91 Å². The van der Waals surface area contributed by atoms with Crippen molar-refractivity contribution < 1.29 is 17.9 Å². The molecule has 0 saturated carbocycles. The van der Waals surface area contributed by atoms with Crippen LogP contribution in [0.25, 0.3) is 0 Å². The number of nitrogens with one attached hydrogen (secondary N) is 1. The van der Waals surface area contributed by atoms with Gasteiger partial charge in [0.05, 0.1) is 18.7 Å². The van der Waals surface area contributed by atoms with Gasteiger partial charge in [-0.25, -0.2) is 9.71 Å². The van der Waals surface area contributed by atoms with Crippen LogP contribution in [0.5, 0.6) is 5.75 Å². The maximum Gasteiger partial charge on any atom is 0.281 e. The zero-order chi connectivity index (χ0) is 16.7. The number of amides is 1. The van der Waals surface area contributed by atoms with Gasteiger partial charge in [-0.1, -0.05) is 18.2 Å². The molecule has 1 aromatic carbocycles. The lowest BCUT2D eigenvalue weighted by atomic mass is 9.93. The highest BCUT2D eigenvalue weighted by Crippen LogP contribution is 2.33. The Morgan fingerprint density at radius 1 is 1.33 bits per heavy atom. The molecule has 0 fully saturated rings. The first-order valence-corrected chi connectivity index (χ1v) is 9.37. The summed E-state index contributed by atoms with van der Waals surface area (Å²) < 4.78 is 34.6. The largest absolute Gasteiger partial charge is 0.493 e. The maximum atomic E-state index is 12.6. The van der Waals surface area contributed by atoms with Crippen molar-refractivity contribution >= 4 is 15.9 Å². The lowest BCUT2D eigenvalue weighted by Gasteiger charge is -2.24. The van der Waals surface area contributed by atoms with E-state index in [9.17, 15) is 13.2 Å². The lowest BCUT2D eigenvalue weighted by molar-refractivity contribution is -0.121. The first kappa shape index (κ1) is 15.2. The van der Waals surface area contributed by atoms with Gasteiger partial charge < -0.3 is 9.30 Å². The maximum absolute atomic E-state index is 12.6. The van der Waals surface area contributed by atoms with Crippen LogP contribution in [0.4, 0.5) is 0 Å². The van der Waals surface area contributed by atoms with Gasteiger partial charge >= 0.3 is 0 Å². The van der Waals surface area contributed by atoms with Gasteiger partial charge in [-0.15, -0.1) is 0 Å². The van der Waals surface area contributed by atoms with Gasteiger partial charge in [0.1, 0.15) is 11.6 Å². The molecule has 4 rings (SSSR count). The SMILES string of the molecule is O=C(NS(=O)(=O)c1cnc2n1CCC2)C1CCOc2ccccc21. The molecule has 24 heavy (non-hydrogen) atoms. The zero-order valence-electron chi connectivity index (χ0n) is 12.9. The van der Waals surface area contributed by atoms with Gasteiger partial charge in [-0.05, 0) is 18.9 Å². The third-order valence-electron chi connectivity index (χ3n) is 4.47. The molecule has 2 aliphatic heterocycles. The fourth-order valence-corrected chi connectivity index (χ4v) is 4.51. The van der Waals surface area contributed by atoms with Crippen molar-refractivity contribution in [3.05, 3.63) is 41.9 Å². The Hall–Kier alpha value is -2.35. The fraction of sp³-hybridized carbons (Fsp3) is 0.375. The third kappa shape index (κ3) is 2.47. The van der Waals surface area contributed by atoms with Crippen LogP contribution in [0.2, 0.25) is 0 Å². The average Bonchev–Trinajstić information content (AvgIpc) is 3.16. The van der Waals surface area contributed by atoms with E-state index in [0.717, 1.165) is 24.2 Å². The summed E-state index contributed by atoms with van der Waals surface area (Å²) in [6, 6.07) is 7.21. The minimum atomic E-state index is -3.93. The summed E-state index contributed by atoms with van der Waals surface area (Å²) in [4.78, 5) is 16.7. The molecule has 0 radical (unpaired) electrons. The van der Waals surface area contributed by atoms with Crippen molar-refractivity contribution in [3.63, 3.8) is 0 Å². The van der Waals surface area contributed by atoms with Crippen LogP contribution in [0.1, 0.15) is 30.1 Å². The molecule has 1 N–H and O–H groups in total. The molecule has 0 saturated heterocycles. The average molecular weight is 347 g/mol. The van der Waals surface area contributed by atoms with Crippen LogP contribution in [0, 0.1) is 0 Å². The summed E-state index contributed by atoms with van der Waals surface area (Å²) in [7, 11) is -3.93. The van der Waals surface area contributed by atoms with E-state index in [4.69, 9.17) is 4.74 Å². The lowest BCUT2D eigenvalue weighted by Crippen LogP contribution is -2.37. The monoisotopic (exact) mass is 347 g/mol. The van der Waals surface area contributed by atoms with Crippen molar-refractivity contribution in [1.82, 2.24) is 14.3 Å². The number of para-hydroxylation sites is 1. The number of carbonyl (C=O) groups is 1. The molecule has 2 aliphatic rings. The highest BCUT2D eigenvalue weighted by Gasteiger charge is 2.32. The number of benzene rings is 1. The van der Waals surface area contributed by atoms with Crippen molar-refractivity contribution in [2.24, 2.45) is 0 Å². The van der Waals surface area contributed by atoms with E-state index in [0.29, 0.717) is 25.3 Å². The van der Waals surface area contributed by atoms with Crippen molar-refractivity contribution in [2.75, 3.05) is 6.61 Å². The van der Waals surface area contributed by atoms with E-state index >= 15 is 0 Å². The summed E-state index contributed by atoms with van der Waals surface area (Å²) in [6.45, 7) is 0.997. The molecule has 0 bridgehead atoms. The Morgan fingerprint density at radius 3 is 3.04 bits per heavy atom. The van der Waals surface area contributed by atoms with Gasteiger partial charge in [0.25, 0.3) is 10.0 Å². The Bertz CT molecular complexity index is 904. The second-order valence-electron chi connectivity index (χ2n) is 5.97. The van der Waals surface area contributed by atoms with Gasteiger partial charge in [-0.3, -0.25) is 4.79 Å². The number of carbonyl (C=O) groups excluding carboxylic acids is 1. The molecule has 2 aromatic rings. The molecule has 1 amide bonds. The van der Waals surface area contributed by atoms with Crippen LogP contribution in [-0.2, 0) is 27.8 Å². The number of rotatable bonds is 3. The van der Waals surface area contributed by atoms with Gasteiger partial charge in [0, 0.05) is 18.5 Å². The first-order valence-electron chi connectivity index (χ1n) is 7.89. The Balaban J connectivity index is 1.60. The van der Waals surface area contributed by atoms with Crippen molar-refractivity contribution in [3.8, 4) is 5.75 Å². The van der Waals surface area contributed by atoms with Crippen LogP contribution in [0.3, 0.4) is 0 Å². The molecule has 1 aromatic heterocycles. The molecule has 0 aliphatic carbocycles. The van der Waals surface area contributed by atoms with Gasteiger partial charge in [0.15, 0.2) is 5.03 Å². The summed E-state index contributed by atoms with van der Waals surface area (Å²) in [6.07, 6.45) is 3.40. The topological polar surface area (TPSA) is 90.3 Å². The number of hydrogen-bond donors (Lipinski definition) is 1. The second kappa shape index (κ2) is 5.62. The Labute approximate surface area is 139 Å². The summed E-state index contributed by atoms with van der Waals surface area (Å²) >= 11 is 0. The van der Waals surface area contributed by atoms with Gasteiger partial charge in [-0.2, -0.15) is 8.42 Å². The van der Waals surface area contributed by atoms with Crippen LogP contribution >= 0.6 is 0 Å². The molecule has 1 unspecified atom stereocenters. The number of ether oxygens (including phenoxy) is 1. The number of aromatic nitrogens is 2. The predicted octanol–water partition coefficient (Wildman–Crippen LogP) is 1.20. The molecule has 7 nitrogen and oxygen atoms in total. The van der Waals surface area contributed by atoms with Crippen molar-refractivity contribution in [2.45, 2.75) is 36.8 Å². The third-order valence-corrected chi connectivity index (χ3v) is 5.82. The van der Waals surface area contributed by atoms with E-state index in [-0.39, 0.29) is 5.03 Å². The highest BCUT2D eigenvalue weighted by molar-refractivity contribution is 7.90. The molecule has 1 atom stereocenters. The van der Waals surface area contributed by atoms with E-state index in [2.05, 4.69) is 9.71 Å². The molecular weight excluding hydrogens is 330 g/mol. The number of imidazole rings is 1. The Morgan fingerprint density at radius 2 is 2.17 bits per heavy atom. The van der Waals surface area contributed by atoms with Crippen LogP contribution in [0.15, 0.2) is 35.5 Å². The molecule has 0 spiro atoms. The van der Waals surface area contributed by atoms with E-state index in [1.807, 2.05) is 12.1 Å². The molecule has 8 heteroatoms. The summed E-state index contributed by atoms with van der Waals surface area (Å²) in [5, 5.41) is 0.0590. The number of sulfonamides is 1. The first-order chi connectivity index (χ1) is 11.6. The van der Waals surface area contributed by atoms with Crippen LogP contribution in [-0.4, -0.2) is 30.5 Å². The Kier molecular flexibility index (Phi) is 3.56. The normalized spacial score (nSPS) is 19.2. The van der Waals surface area contributed by atoms with E-state index in [1.165, 1.54) is 6.20 Å². The number of fused-ring (bicyclic) bond motifs is 2. The minimum absolute atomic E-state index is 0.0590. The number of nitrogens with zero attached hydrogens (tertiary/aromatic N) is 2. The highest BCUT2D eigenvalue weighted by atomic mass is 32.2. The molecule has 3 heterocycles. The smallest absolute Gasteiger partial charge is 0.281 e. The van der Waals surface area contributed by atoms with Crippen molar-refractivity contribution in [1.29, 1.82) is 0 Å². The standard InChI is InChI=1S/C16H17N3O4S/c20-16(12-7-9-23-13-5-2-1-4-11(12)13)18-24(21,22)15-10-17-14-6-3-8-19(14)15/h1-2,4-5,10,12H,3,6-9H2,(H,18,20). The summed E-state index contributed by atoms with van der Waals surface area (Å²) in [5.41, 5.74) is 0.718. The molecular formula is C16H17N3O4S. The minimum Gasteiger partial charge on any atom is -0.493 e. The van der Waals surface area contributed by atoms with Crippen LogP contribution < -0.4 is 9.46 Å². The fourth-order valence-electron chi connectivity index (χ4n) is 3.32. The number of aryl methyl sites for hydroxylation is 1. The zero-order valence-corrected chi connectivity index (χ0v) is 13.8.